The molecule has 1 fully saturated rings. The highest BCUT2D eigenvalue weighted by Gasteiger charge is 2.22. The molecule has 0 aliphatic heterocycles. The number of rotatable bonds is 7. The summed E-state index contributed by atoms with van der Waals surface area (Å²) in [5.74, 6) is 0.605. The third-order valence-electron chi connectivity index (χ3n) is 3.81. The van der Waals surface area contributed by atoms with Crippen LogP contribution in [0, 0.1) is 16.0 Å². The lowest BCUT2D eigenvalue weighted by Gasteiger charge is -2.25. The van der Waals surface area contributed by atoms with Gasteiger partial charge in [0.05, 0.1) is 9.82 Å². The van der Waals surface area contributed by atoms with E-state index in [-0.39, 0.29) is 16.3 Å². The average molecular weight is 313 g/mol. The zero-order valence-electron chi connectivity index (χ0n) is 11.8. The van der Waals surface area contributed by atoms with Crippen molar-refractivity contribution in [2.75, 3.05) is 18.9 Å². The second kappa shape index (κ2) is 6.40. The molecule has 7 nitrogen and oxygen atoms in total. The number of hydrogen-bond acceptors (Lipinski definition) is 5. The maximum absolute atomic E-state index is 12.1. The Labute approximate surface area is 123 Å². The first kappa shape index (κ1) is 15.7. The summed E-state index contributed by atoms with van der Waals surface area (Å²) in [7, 11) is -2.15. The van der Waals surface area contributed by atoms with E-state index in [0.717, 1.165) is 25.3 Å². The zero-order chi connectivity index (χ0) is 15.5. The van der Waals surface area contributed by atoms with Gasteiger partial charge in [0.2, 0.25) is 10.0 Å². The summed E-state index contributed by atoms with van der Waals surface area (Å²) >= 11 is 0. The van der Waals surface area contributed by atoms with Crippen molar-refractivity contribution in [1.29, 1.82) is 0 Å². The van der Waals surface area contributed by atoms with Crippen LogP contribution in [0.25, 0.3) is 0 Å². The second-order valence-corrected chi connectivity index (χ2v) is 6.94. The SMILES string of the molecule is CNc1ccc(S(=O)(=O)NCCC2CCC2)cc1[N+](=O)[O-]. The number of nitrogens with one attached hydrogen (secondary N) is 2. The number of sulfonamides is 1. The van der Waals surface area contributed by atoms with Gasteiger partial charge in [-0.3, -0.25) is 10.1 Å². The summed E-state index contributed by atoms with van der Waals surface area (Å²) in [5.41, 5.74) is 0.0350. The zero-order valence-corrected chi connectivity index (χ0v) is 12.6. The van der Waals surface area contributed by atoms with Crippen LogP contribution in [-0.4, -0.2) is 26.9 Å². The Morgan fingerprint density at radius 3 is 2.62 bits per heavy atom. The predicted octanol–water partition coefficient (Wildman–Crippen LogP) is 2.10. The molecular formula is C13H19N3O4S. The van der Waals surface area contributed by atoms with E-state index in [9.17, 15) is 18.5 Å². The van der Waals surface area contributed by atoms with E-state index in [1.807, 2.05) is 0 Å². The van der Waals surface area contributed by atoms with Crippen LogP contribution in [0.3, 0.4) is 0 Å². The van der Waals surface area contributed by atoms with Gasteiger partial charge >= 0.3 is 0 Å². The fourth-order valence-corrected chi connectivity index (χ4v) is 3.37. The molecule has 0 unspecified atom stereocenters. The highest BCUT2D eigenvalue weighted by molar-refractivity contribution is 7.89. The number of nitro groups is 1. The molecule has 0 atom stereocenters. The van der Waals surface area contributed by atoms with E-state index in [0.29, 0.717) is 12.5 Å². The predicted molar refractivity (Wildman–Crippen MR) is 79.8 cm³/mol. The number of benzene rings is 1. The molecule has 21 heavy (non-hydrogen) atoms. The molecule has 0 aromatic heterocycles. The molecule has 8 heteroatoms. The molecule has 1 aliphatic rings. The fourth-order valence-electron chi connectivity index (χ4n) is 2.30. The smallest absolute Gasteiger partial charge is 0.293 e. The summed E-state index contributed by atoms with van der Waals surface area (Å²) in [6.07, 6.45) is 4.35. The number of nitro benzene ring substituents is 1. The average Bonchev–Trinajstić information content (AvgIpc) is 2.40. The van der Waals surface area contributed by atoms with Gasteiger partial charge in [0.15, 0.2) is 0 Å². The molecule has 1 saturated carbocycles. The first-order valence-electron chi connectivity index (χ1n) is 6.90. The lowest BCUT2D eigenvalue weighted by atomic mass is 9.83. The Hall–Kier alpha value is -1.67. The summed E-state index contributed by atoms with van der Waals surface area (Å²) in [6, 6.07) is 3.85. The molecule has 1 aromatic carbocycles. The van der Waals surface area contributed by atoms with Crippen molar-refractivity contribution in [2.24, 2.45) is 5.92 Å². The van der Waals surface area contributed by atoms with E-state index in [1.165, 1.54) is 18.6 Å². The van der Waals surface area contributed by atoms with Crippen molar-refractivity contribution in [1.82, 2.24) is 4.72 Å². The molecule has 116 valence electrons. The largest absolute Gasteiger partial charge is 0.383 e. The van der Waals surface area contributed by atoms with E-state index < -0.39 is 14.9 Å². The van der Waals surface area contributed by atoms with E-state index >= 15 is 0 Å². The van der Waals surface area contributed by atoms with Crippen molar-refractivity contribution in [3.05, 3.63) is 28.3 Å². The second-order valence-electron chi connectivity index (χ2n) is 5.17. The van der Waals surface area contributed by atoms with E-state index in [1.54, 1.807) is 7.05 Å². The van der Waals surface area contributed by atoms with Gasteiger partial charge in [0.25, 0.3) is 5.69 Å². The molecular weight excluding hydrogens is 294 g/mol. The molecule has 0 heterocycles. The normalized spacial score (nSPS) is 15.5. The minimum Gasteiger partial charge on any atom is -0.383 e. The molecule has 1 aromatic rings. The van der Waals surface area contributed by atoms with Crippen LogP contribution >= 0.6 is 0 Å². The fraction of sp³-hybridized carbons (Fsp3) is 0.538. The Balaban J connectivity index is 2.11. The maximum atomic E-state index is 12.1. The number of nitrogens with zero attached hydrogens (tertiary/aromatic N) is 1. The Morgan fingerprint density at radius 2 is 2.10 bits per heavy atom. The Morgan fingerprint density at radius 1 is 1.38 bits per heavy atom. The number of anilines is 1. The van der Waals surface area contributed by atoms with Crippen molar-refractivity contribution in [3.8, 4) is 0 Å². The molecule has 0 saturated heterocycles. The van der Waals surface area contributed by atoms with Crippen molar-refractivity contribution in [2.45, 2.75) is 30.6 Å². The van der Waals surface area contributed by atoms with Crippen LogP contribution in [0.2, 0.25) is 0 Å². The number of hydrogen-bond donors (Lipinski definition) is 2. The standard InChI is InChI=1S/C13H19N3O4S/c1-14-12-6-5-11(9-13(12)16(17)18)21(19,20)15-8-7-10-3-2-4-10/h5-6,9-10,14-15H,2-4,7-8H2,1H3. The summed E-state index contributed by atoms with van der Waals surface area (Å²) in [6.45, 7) is 0.370. The van der Waals surface area contributed by atoms with Crippen molar-refractivity contribution < 1.29 is 13.3 Å². The summed E-state index contributed by atoms with van der Waals surface area (Å²) < 4.78 is 26.8. The highest BCUT2D eigenvalue weighted by Crippen LogP contribution is 2.29. The van der Waals surface area contributed by atoms with Crippen LogP contribution in [0.15, 0.2) is 23.1 Å². The van der Waals surface area contributed by atoms with Gasteiger partial charge in [-0.1, -0.05) is 19.3 Å². The molecule has 0 amide bonds. The first-order chi connectivity index (χ1) is 9.94. The van der Waals surface area contributed by atoms with Crippen molar-refractivity contribution >= 4 is 21.4 Å². The van der Waals surface area contributed by atoms with E-state index in [2.05, 4.69) is 10.0 Å². The van der Waals surface area contributed by atoms with Crippen LogP contribution < -0.4 is 10.0 Å². The molecule has 0 spiro atoms. The van der Waals surface area contributed by atoms with Gasteiger partial charge in [-0.25, -0.2) is 13.1 Å². The Bertz CT molecular complexity index is 626. The van der Waals surface area contributed by atoms with Gasteiger partial charge < -0.3 is 5.32 Å². The maximum Gasteiger partial charge on any atom is 0.293 e. The molecule has 2 rings (SSSR count). The van der Waals surface area contributed by atoms with E-state index in [4.69, 9.17) is 0 Å². The minimum atomic E-state index is -3.70. The monoisotopic (exact) mass is 313 g/mol. The van der Waals surface area contributed by atoms with Crippen LogP contribution in [0.1, 0.15) is 25.7 Å². The van der Waals surface area contributed by atoms with Crippen LogP contribution in [0.4, 0.5) is 11.4 Å². The van der Waals surface area contributed by atoms with Crippen LogP contribution in [0.5, 0.6) is 0 Å². The summed E-state index contributed by atoms with van der Waals surface area (Å²) in [4.78, 5) is 10.3. The molecule has 1 aliphatic carbocycles. The minimum absolute atomic E-state index is 0.0817. The quantitative estimate of drug-likeness (QED) is 0.593. The molecule has 0 radical (unpaired) electrons. The van der Waals surface area contributed by atoms with Gasteiger partial charge in [-0.15, -0.1) is 0 Å². The van der Waals surface area contributed by atoms with Crippen LogP contribution in [-0.2, 0) is 10.0 Å². The van der Waals surface area contributed by atoms with Gasteiger partial charge in [0.1, 0.15) is 5.69 Å². The highest BCUT2D eigenvalue weighted by atomic mass is 32.2. The lowest BCUT2D eigenvalue weighted by Crippen LogP contribution is -2.27. The van der Waals surface area contributed by atoms with Gasteiger partial charge in [-0.05, 0) is 24.5 Å². The third-order valence-corrected chi connectivity index (χ3v) is 5.27. The molecule has 2 N–H and O–H groups in total. The van der Waals surface area contributed by atoms with Crippen molar-refractivity contribution in [3.63, 3.8) is 0 Å². The summed E-state index contributed by atoms with van der Waals surface area (Å²) in [5, 5.41) is 13.6. The topological polar surface area (TPSA) is 101 Å². The third kappa shape index (κ3) is 3.70. The van der Waals surface area contributed by atoms with Gasteiger partial charge in [0, 0.05) is 19.7 Å². The molecule has 0 bridgehead atoms. The first-order valence-corrected chi connectivity index (χ1v) is 8.38. The Kier molecular flexibility index (Phi) is 4.79. The van der Waals surface area contributed by atoms with Gasteiger partial charge in [-0.2, -0.15) is 0 Å². The lowest BCUT2D eigenvalue weighted by molar-refractivity contribution is -0.384.